The van der Waals surface area contributed by atoms with Crippen molar-refractivity contribution in [2.45, 2.75) is 45.8 Å². The Kier molecular flexibility index (Phi) is 9.20. The topological polar surface area (TPSA) is 35.9 Å². The van der Waals surface area contributed by atoms with Gasteiger partial charge in [0.05, 0.1) is 31.6 Å². The van der Waals surface area contributed by atoms with Gasteiger partial charge >= 0.3 is 0 Å². The standard InChI is InChI=1S/C55H46N4OSi.Pt/c1-55(2,3)40-31-32-56-53(34-40)59-49-26-11-10-23-47(49)48-30-29-43(36-52(48)59)60-42-21-15-20-41(35-42)57-37-58(51-28-13-12-27-50(51)57)54-45(38-17-8-7-9-18-38)24-16-25-46(54)39-19-14-22-44(33-39)61(4,5)6;/h7-34H,1-6H3;/q-2;/i7D,8D,9D,17D,18D;. The van der Waals surface area contributed by atoms with Crippen molar-refractivity contribution in [2.75, 3.05) is 0 Å². The van der Waals surface area contributed by atoms with Crippen LogP contribution >= 0.6 is 0 Å². The molecule has 7 heteroatoms. The summed E-state index contributed by atoms with van der Waals surface area (Å²) in [6.45, 7) is 13.5. The van der Waals surface area contributed by atoms with E-state index in [-0.39, 0.29) is 44.1 Å². The van der Waals surface area contributed by atoms with Crippen molar-refractivity contribution in [3.05, 3.63) is 194 Å². The molecule has 62 heavy (non-hydrogen) atoms. The van der Waals surface area contributed by atoms with Gasteiger partial charge in [-0.25, -0.2) is 4.98 Å². The van der Waals surface area contributed by atoms with Crippen LogP contribution < -0.4 is 14.5 Å². The van der Waals surface area contributed by atoms with Crippen LogP contribution in [0.15, 0.2) is 170 Å². The van der Waals surface area contributed by atoms with Gasteiger partial charge in [-0.05, 0) is 62.5 Å². The van der Waals surface area contributed by atoms with Crippen LogP contribution in [0.4, 0.5) is 0 Å². The average molecular weight is 1010 g/mol. The molecule has 0 aliphatic carbocycles. The number of hydrogen-bond donors (Lipinski definition) is 0. The summed E-state index contributed by atoms with van der Waals surface area (Å²) in [5.41, 5.74) is 8.24. The van der Waals surface area contributed by atoms with E-state index in [0.29, 0.717) is 28.4 Å². The third-order valence-electron chi connectivity index (χ3n) is 11.2. The Hall–Kier alpha value is -6.33. The molecule has 0 aliphatic rings. The van der Waals surface area contributed by atoms with Crippen molar-refractivity contribution in [1.82, 2.24) is 14.1 Å². The van der Waals surface area contributed by atoms with Crippen molar-refractivity contribution in [3.63, 3.8) is 0 Å². The van der Waals surface area contributed by atoms with E-state index < -0.39 is 26.2 Å². The number of fused-ring (bicyclic) bond motifs is 4. The van der Waals surface area contributed by atoms with Gasteiger partial charge in [-0.2, -0.15) is 18.2 Å². The first-order valence-corrected chi connectivity index (χ1v) is 24.0. The second-order valence-electron chi connectivity index (χ2n) is 17.4. The predicted octanol–water partition coefficient (Wildman–Crippen LogP) is 12.8. The fraction of sp³-hybridized carbons (Fsp3) is 0.127. The number of ether oxygens (including phenoxy) is 1. The predicted molar refractivity (Wildman–Crippen MR) is 253 cm³/mol. The molecule has 0 spiro atoms. The smallest absolute Gasteiger partial charge is 0.268 e. The summed E-state index contributed by atoms with van der Waals surface area (Å²) in [6, 6.07) is 49.7. The maximum atomic E-state index is 9.08. The van der Waals surface area contributed by atoms with Crippen LogP contribution in [0.3, 0.4) is 0 Å². The zero-order chi connectivity index (χ0) is 46.2. The molecule has 5 nitrogen and oxygen atoms in total. The molecule has 0 radical (unpaired) electrons. The van der Waals surface area contributed by atoms with E-state index >= 15 is 0 Å². The Bertz CT molecular complexity index is 3540. The van der Waals surface area contributed by atoms with Crippen LogP contribution in [0.2, 0.25) is 19.6 Å². The Morgan fingerprint density at radius 3 is 2.18 bits per heavy atom. The third kappa shape index (κ3) is 7.52. The Morgan fingerprint density at radius 1 is 0.677 bits per heavy atom. The second kappa shape index (κ2) is 16.2. The van der Waals surface area contributed by atoms with Gasteiger partial charge < -0.3 is 13.9 Å². The SMILES string of the molecule is [2H]c1c([2H])c([2H])c(-c2cccc(-c3cccc([Si](C)(C)C)c3)c2-[n+]2[c-]n(-c3[c-]c(Oc4[c-]c5c(cc4)c4ccccc4n5-c4cc(C(C)(C)C)ccn4)ccc3)c3ccccc32)c([2H])c1[2H].[Pt]. The van der Waals surface area contributed by atoms with Crippen LogP contribution in [0, 0.1) is 18.5 Å². The minimum absolute atomic E-state index is 0. The summed E-state index contributed by atoms with van der Waals surface area (Å²) in [5.74, 6) is 1.79. The van der Waals surface area contributed by atoms with E-state index in [2.05, 4.69) is 118 Å². The van der Waals surface area contributed by atoms with Crippen LogP contribution in [0.25, 0.3) is 72.3 Å². The normalized spacial score (nSPS) is 13.0. The molecule has 10 rings (SSSR count). The van der Waals surface area contributed by atoms with Gasteiger partial charge in [-0.1, -0.05) is 166 Å². The number of hydrogen-bond acceptors (Lipinski definition) is 2. The molecule has 0 saturated carbocycles. The molecule has 308 valence electrons. The van der Waals surface area contributed by atoms with Crippen molar-refractivity contribution in [1.29, 1.82) is 0 Å². The molecule has 0 amide bonds. The molecule has 10 aromatic rings. The maximum absolute atomic E-state index is 9.08. The summed E-state index contributed by atoms with van der Waals surface area (Å²) in [6.07, 6.45) is 5.49. The fourth-order valence-corrected chi connectivity index (χ4v) is 9.27. The van der Waals surface area contributed by atoms with E-state index in [1.807, 2.05) is 94.2 Å². The molecular formula is C55H46N4OPtSi-2. The van der Waals surface area contributed by atoms with Gasteiger partial charge in [0.1, 0.15) is 5.82 Å². The number of benzene rings is 7. The number of pyridine rings is 1. The molecule has 3 aromatic heterocycles. The second-order valence-corrected chi connectivity index (χ2v) is 22.5. The van der Waals surface area contributed by atoms with Crippen LogP contribution in [-0.4, -0.2) is 22.2 Å². The quantitative estimate of drug-likeness (QED) is 0.0864. The van der Waals surface area contributed by atoms with Gasteiger partial charge in [0, 0.05) is 44.3 Å². The molecule has 0 fully saturated rings. The summed E-state index contributed by atoms with van der Waals surface area (Å²) >= 11 is 0. The van der Waals surface area contributed by atoms with E-state index in [1.54, 1.807) is 0 Å². The van der Waals surface area contributed by atoms with Gasteiger partial charge in [0.2, 0.25) is 0 Å². The Labute approximate surface area is 386 Å². The number of nitrogens with zero attached hydrogens (tertiary/aromatic N) is 4. The van der Waals surface area contributed by atoms with Crippen LogP contribution in [0.1, 0.15) is 33.2 Å². The van der Waals surface area contributed by atoms with Crippen molar-refractivity contribution < 1.29 is 37.2 Å². The van der Waals surface area contributed by atoms with E-state index in [1.165, 1.54) is 10.8 Å². The average Bonchev–Trinajstić information content (AvgIpc) is 3.86. The summed E-state index contributed by atoms with van der Waals surface area (Å²) in [7, 11) is -1.75. The zero-order valence-corrected chi connectivity index (χ0v) is 38.6. The molecule has 0 unspecified atom stereocenters. The van der Waals surface area contributed by atoms with Crippen molar-refractivity contribution in [2.24, 2.45) is 0 Å². The van der Waals surface area contributed by atoms with Crippen LogP contribution in [0.5, 0.6) is 11.5 Å². The largest absolute Gasteiger partial charge is 0.510 e. The number of imidazole rings is 1. The van der Waals surface area contributed by atoms with Gasteiger partial charge in [0.25, 0.3) is 6.33 Å². The molecule has 0 bridgehead atoms. The van der Waals surface area contributed by atoms with Gasteiger partial charge in [0.15, 0.2) is 0 Å². The number of aromatic nitrogens is 4. The first-order chi connectivity index (χ1) is 31.6. The molecule has 0 atom stereocenters. The zero-order valence-electron chi connectivity index (χ0n) is 40.3. The van der Waals surface area contributed by atoms with E-state index in [9.17, 15) is 0 Å². The first kappa shape index (κ1) is 35.3. The fourth-order valence-electron chi connectivity index (χ4n) is 8.08. The number of para-hydroxylation sites is 4. The summed E-state index contributed by atoms with van der Waals surface area (Å²) in [4.78, 5) is 4.83. The molecule has 7 aromatic carbocycles. The van der Waals surface area contributed by atoms with E-state index in [4.69, 9.17) is 16.6 Å². The maximum Gasteiger partial charge on any atom is 0.268 e. The minimum atomic E-state index is -1.75. The molecule has 3 heterocycles. The Morgan fingerprint density at radius 2 is 1.39 bits per heavy atom. The monoisotopic (exact) mass is 1010 g/mol. The van der Waals surface area contributed by atoms with Crippen molar-refractivity contribution >= 4 is 46.1 Å². The summed E-state index contributed by atoms with van der Waals surface area (Å²) in [5, 5.41) is 3.40. The Balaban J connectivity index is 0.00000562. The van der Waals surface area contributed by atoms with Gasteiger partial charge in [-0.15, -0.1) is 29.7 Å². The number of rotatable bonds is 8. The molecule has 0 N–H and O–H groups in total. The minimum Gasteiger partial charge on any atom is -0.510 e. The molecule has 0 aliphatic heterocycles. The van der Waals surface area contributed by atoms with Crippen molar-refractivity contribution in [3.8, 4) is 50.9 Å². The van der Waals surface area contributed by atoms with E-state index in [0.717, 1.165) is 49.8 Å². The van der Waals surface area contributed by atoms with Gasteiger partial charge in [-0.3, -0.25) is 4.57 Å². The molecular weight excluding hydrogens is 956 g/mol. The first-order valence-electron chi connectivity index (χ1n) is 23.0. The van der Waals surface area contributed by atoms with Crippen LogP contribution in [-0.2, 0) is 26.5 Å². The third-order valence-corrected chi connectivity index (χ3v) is 13.3. The summed E-state index contributed by atoms with van der Waals surface area (Å²) < 4.78 is 56.4. The molecule has 0 saturated heterocycles.